The molecule has 0 fully saturated rings. The number of nitrogens with one attached hydrogen (secondary N) is 1. The molecule has 1 atom stereocenters. The summed E-state index contributed by atoms with van der Waals surface area (Å²) in [4.78, 5) is 0. The van der Waals surface area contributed by atoms with Gasteiger partial charge < -0.3 is 5.32 Å². The second kappa shape index (κ2) is 9.67. The smallest absolute Gasteiger partial charge is 0.0642 e. The zero-order chi connectivity index (χ0) is 27.1. The van der Waals surface area contributed by atoms with Gasteiger partial charge in [0.2, 0.25) is 0 Å². The van der Waals surface area contributed by atoms with Crippen LogP contribution in [0.15, 0.2) is 91.0 Å². The summed E-state index contributed by atoms with van der Waals surface area (Å²) in [6.07, 6.45) is 8.03. The lowest BCUT2D eigenvalue weighted by Gasteiger charge is -2.45. The number of allylic oxidation sites excluding steroid dienone is 2. The fourth-order valence-corrected chi connectivity index (χ4v) is 5.05. The minimum absolute atomic E-state index is 0.0131. The quantitative estimate of drug-likeness (QED) is 0.383. The van der Waals surface area contributed by atoms with E-state index in [0.29, 0.717) is 0 Å². The van der Waals surface area contributed by atoms with Crippen LogP contribution in [0.25, 0.3) is 16.7 Å². The summed E-state index contributed by atoms with van der Waals surface area (Å²) in [7, 11) is 0. The molecular formula is C36H45N. The van der Waals surface area contributed by atoms with Crippen LogP contribution in [0, 0.1) is 5.41 Å². The Kier molecular flexibility index (Phi) is 7.06. The van der Waals surface area contributed by atoms with Crippen LogP contribution in [-0.4, -0.2) is 5.54 Å². The SMILES string of the molecule is CC(C)(C)c1cc(-c2ccccc2NC2(C(C)(C)C)C=CC(c3ccccc3)=CC2)cc(C(C)(C)C)c1. The molecule has 37 heavy (non-hydrogen) atoms. The van der Waals surface area contributed by atoms with E-state index in [4.69, 9.17) is 0 Å². The van der Waals surface area contributed by atoms with Gasteiger partial charge in [0.15, 0.2) is 0 Å². The molecule has 1 heteroatoms. The minimum atomic E-state index is -0.199. The van der Waals surface area contributed by atoms with Crippen LogP contribution in [0.1, 0.15) is 85.4 Å². The minimum Gasteiger partial charge on any atom is -0.375 e. The Bertz CT molecular complexity index is 1270. The molecule has 1 aliphatic carbocycles. The van der Waals surface area contributed by atoms with Gasteiger partial charge in [-0.05, 0) is 56.6 Å². The lowest BCUT2D eigenvalue weighted by atomic mass is 9.68. The van der Waals surface area contributed by atoms with E-state index in [9.17, 15) is 0 Å². The highest BCUT2D eigenvalue weighted by Crippen LogP contribution is 2.44. The molecule has 4 rings (SSSR count). The topological polar surface area (TPSA) is 12.0 Å². The molecule has 0 amide bonds. The summed E-state index contributed by atoms with van der Waals surface area (Å²) in [6.45, 7) is 20.9. The predicted octanol–water partition coefficient (Wildman–Crippen LogP) is 10.2. The number of rotatable bonds is 4. The van der Waals surface area contributed by atoms with Crippen LogP contribution >= 0.6 is 0 Å². The Morgan fingerprint density at radius 3 is 1.73 bits per heavy atom. The van der Waals surface area contributed by atoms with Gasteiger partial charge in [-0.1, -0.05) is 147 Å². The maximum Gasteiger partial charge on any atom is 0.0642 e. The van der Waals surface area contributed by atoms with Crippen molar-refractivity contribution in [2.45, 2.75) is 85.1 Å². The molecule has 3 aromatic rings. The van der Waals surface area contributed by atoms with E-state index >= 15 is 0 Å². The monoisotopic (exact) mass is 491 g/mol. The van der Waals surface area contributed by atoms with Crippen LogP contribution in [-0.2, 0) is 10.8 Å². The number of benzene rings is 3. The zero-order valence-electron chi connectivity index (χ0n) is 24.4. The van der Waals surface area contributed by atoms with Crippen molar-refractivity contribution in [1.82, 2.24) is 0 Å². The van der Waals surface area contributed by atoms with E-state index < -0.39 is 0 Å². The lowest BCUT2D eigenvalue weighted by Crippen LogP contribution is -2.48. The van der Waals surface area contributed by atoms with Crippen molar-refractivity contribution in [2.24, 2.45) is 5.41 Å². The van der Waals surface area contributed by atoms with E-state index in [-0.39, 0.29) is 21.8 Å². The van der Waals surface area contributed by atoms with Crippen LogP contribution in [0.2, 0.25) is 0 Å². The van der Waals surface area contributed by atoms with Crippen molar-refractivity contribution in [2.75, 3.05) is 5.32 Å². The molecule has 0 radical (unpaired) electrons. The van der Waals surface area contributed by atoms with Crippen LogP contribution in [0.3, 0.4) is 0 Å². The molecule has 1 unspecified atom stereocenters. The van der Waals surface area contributed by atoms with Crippen molar-refractivity contribution >= 4 is 11.3 Å². The second-order valence-electron chi connectivity index (χ2n) is 13.8. The zero-order valence-corrected chi connectivity index (χ0v) is 24.4. The van der Waals surface area contributed by atoms with Gasteiger partial charge in [-0.3, -0.25) is 0 Å². The Hall–Kier alpha value is -3.06. The average molecular weight is 492 g/mol. The molecule has 0 bridgehead atoms. The van der Waals surface area contributed by atoms with Gasteiger partial charge in [-0.15, -0.1) is 0 Å². The van der Waals surface area contributed by atoms with Gasteiger partial charge in [0.25, 0.3) is 0 Å². The highest BCUT2D eigenvalue weighted by Gasteiger charge is 2.40. The molecule has 0 spiro atoms. The van der Waals surface area contributed by atoms with Crippen LogP contribution in [0.4, 0.5) is 5.69 Å². The van der Waals surface area contributed by atoms with Gasteiger partial charge >= 0.3 is 0 Å². The van der Waals surface area contributed by atoms with Crippen molar-refractivity contribution in [3.8, 4) is 11.1 Å². The largest absolute Gasteiger partial charge is 0.375 e. The first-order valence-corrected chi connectivity index (χ1v) is 13.7. The first-order chi connectivity index (χ1) is 17.2. The van der Waals surface area contributed by atoms with Crippen molar-refractivity contribution in [3.63, 3.8) is 0 Å². The Balaban J connectivity index is 1.78. The van der Waals surface area contributed by atoms with Gasteiger partial charge in [-0.2, -0.15) is 0 Å². The average Bonchev–Trinajstić information content (AvgIpc) is 2.83. The predicted molar refractivity (Wildman–Crippen MR) is 163 cm³/mol. The lowest BCUT2D eigenvalue weighted by molar-refractivity contribution is 0.265. The third-order valence-electron chi connectivity index (χ3n) is 7.90. The van der Waals surface area contributed by atoms with Gasteiger partial charge in [0.1, 0.15) is 0 Å². The van der Waals surface area contributed by atoms with E-state index in [1.165, 1.54) is 39.1 Å². The summed E-state index contributed by atoms with van der Waals surface area (Å²) in [5.74, 6) is 0. The summed E-state index contributed by atoms with van der Waals surface area (Å²) in [5.41, 5.74) is 9.02. The van der Waals surface area contributed by atoms with Crippen molar-refractivity contribution < 1.29 is 0 Å². The van der Waals surface area contributed by atoms with E-state index in [0.717, 1.165) is 6.42 Å². The summed E-state index contributed by atoms with van der Waals surface area (Å²) >= 11 is 0. The molecule has 1 aliphatic rings. The van der Waals surface area contributed by atoms with Gasteiger partial charge in [0.05, 0.1) is 5.54 Å². The summed E-state index contributed by atoms with van der Waals surface area (Å²) in [5, 5.41) is 4.06. The normalized spacial score (nSPS) is 18.5. The van der Waals surface area contributed by atoms with Crippen molar-refractivity contribution in [1.29, 1.82) is 0 Å². The van der Waals surface area contributed by atoms with Crippen LogP contribution < -0.4 is 5.32 Å². The highest BCUT2D eigenvalue weighted by molar-refractivity contribution is 5.81. The Morgan fingerprint density at radius 1 is 0.649 bits per heavy atom. The van der Waals surface area contributed by atoms with Crippen molar-refractivity contribution in [3.05, 3.63) is 108 Å². The second-order valence-corrected chi connectivity index (χ2v) is 13.8. The van der Waals surface area contributed by atoms with Crippen LogP contribution in [0.5, 0.6) is 0 Å². The Morgan fingerprint density at radius 2 is 1.22 bits per heavy atom. The summed E-state index contributed by atoms with van der Waals surface area (Å²) in [6, 6.07) is 26.7. The third-order valence-corrected chi connectivity index (χ3v) is 7.90. The first kappa shape index (κ1) is 27.0. The molecule has 1 N–H and O–H groups in total. The molecule has 194 valence electrons. The van der Waals surface area contributed by atoms with E-state index in [2.05, 4.69) is 159 Å². The fraction of sp³-hybridized carbons (Fsp3) is 0.389. The number of para-hydroxylation sites is 1. The number of anilines is 1. The van der Waals surface area contributed by atoms with E-state index in [1.807, 2.05) is 0 Å². The fourth-order valence-electron chi connectivity index (χ4n) is 5.05. The highest BCUT2D eigenvalue weighted by atomic mass is 15.0. The molecule has 0 aliphatic heterocycles. The molecule has 0 saturated heterocycles. The number of hydrogen-bond donors (Lipinski definition) is 1. The number of hydrogen-bond acceptors (Lipinski definition) is 1. The van der Waals surface area contributed by atoms with E-state index in [1.54, 1.807) is 0 Å². The molecule has 0 saturated carbocycles. The molecule has 1 nitrogen and oxygen atoms in total. The maximum absolute atomic E-state index is 4.06. The molecule has 0 heterocycles. The standard InChI is InChI=1S/C36H45N/c1-33(2,3)29-23-28(24-30(25-29)34(4,5)6)31-17-13-14-18-32(31)37-36(35(7,8)9)21-19-27(20-22-36)26-15-11-10-12-16-26/h10-21,23-25,37H,22H2,1-9H3. The Labute approximate surface area is 225 Å². The maximum atomic E-state index is 4.06. The van der Waals surface area contributed by atoms with Gasteiger partial charge in [-0.25, -0.2) is 0 Å². The summed E-state index contributed by atoms with van der Waals surface area (Å²) < 4.78 is 0. The molecular weight excluding hydrogens is 446 g/mol. The molecule has 3 aromatic carbocycles. The van der Waals surface area contributed by atoms with Gasteiger partial charge in [0, 0.05) is 11.3 Å². The first-order valence-electron chi connectivity index (χ1n) is 13.7. The molecule has 0 aromatic heterocycles. The third kappa shape index (κ3) is 5.77.